The number of carbonyl (C=O) groups excluding carboxylic acids is 1. The maximum atomic E-state index is 11.9. The van der Waals surface area contributed by atoms with Gasteiger partial charge in [-0.2, -0.15) is 0 Å². The maximum Gasteiger partial charge on any atom is 0.363 e. The fraction of sp³-hybridized carbons (Fsp3) is 0. The van der Waals surface area contributed by atoms with Gasteiger partial charge >= 0.3 is 5.97 Å². The van der Waals surface area contributed by atoms with Gasteiger partial charge < -0.3 is 4.74 Å². The lowest BCUT2D eigenvalue weighted by atomic mass is 10.2. The first-order valence-electron chi connectivity index (χ1n) is 6.17. The highest BCUT2D eigenvalue weighted by Crippen LogP contribution is 2.28. The molecule has 104 valence electrons. The molecule has 0 spiro atoms. The number of cyclic esters (lactones) is 1. The normalized spacial score (nSPS) is 16.0. The minimum absolute atomic E-state index is 0.170. The lowest BCUT2D eigenvalue weighted by Crippen LogP contribution is -2.04. The van der Waals surface area contributed by atoms with E-state index >= 15 is 0 Å². The molecule has 0 aromatic heterocycles. The quantitative estimate of drug-likeness (QED) is 0.610. The molecule has 0 amide bonds. The van der Waals surface area contributed by atoms with Gasteiger partial charge in [0.2, 0.25) is 5.90 Å². The number of ether oxygens (including phenoxy) is 1. The molecule has 0 unspecified atom stereocenters. The molecular formula is C16H9Cl2NO2. The first-order chi connectivity index (χ1) is 10.1. The third-order valence-electron chi connectivity index (χ3n) is 2.92. The van der Waals surface area contributed by atoms with Gasteiger partial charge in [-0.15, -0.1) is 0 Å². The Balaban J connectivity index is 2.01. The summed E-state index contributed by atoms with van der Waals surface area (Å²) in [4.78, 5) is 16.1. The zero-order valence-electron chi connectivity index (χ0n) is 10.7. The Bertz CT molecular complexity index is 747. The van der Waals surface area contributed by atoms with Gasteiger partial charge in [-0.05, 0) is 30.3 Å². The van der Waals surface area contributed by atoms with Crippen molar-refractivity contribution in [2.45, 2.75) is 0 Å². The van der Waals surface area contributed by atoms with E-state index in [0.717, 1.165) is 5.56 Å². The molecule has 3 nitrogen and oxygen atoms in total. The summed E-state index contributed by atoms with van der Waals surface area (Å²) in [5, 5.41) is 0.900. The third kappa shape index (κ3) is 2.84. The number of rotatable bonds is 2. The number of esters is 1. The Morgan fingerprint density at radius 3 is 2.29 bits per heavy atom. The first kappa shape index (κ1) is 13.9. The van der Waals surface area contributed by atoms with Crippen LogP contribution in [-0.2, 0) is 9.53 Å². The second-order valence-corrected chi connectivity index (χ2v) is 5.15. The minimum atomic E-state index is -0.523. The monoisotopic (exact) mass is 317 g/mol. The van der Waals surface area contributed by atoms with Crippen molar-refractivity contribution in [3.8, 4) is 0 Å². The van der Waals surface area contributed by atoms with E-state index < -0.39 is 5.97 Å². The molecule has 0 fully saturated rings. The molecular weight excluding hydrogens is 309 g/mol. The molecule has 0 aliphatic carbocycles. The first-order valence-corrected chi connectivity index (χ1v) is 6.93. The van der Waals surface area contributed by atoms with Crippen molar-refractivity contribution in [3.05, 3.63) is 75.4 Å². The smallest absolute Gasteiger partial charge is 0.363 e. The van der Waals surface area contributed by atoms with Gasteiger partial charge in [0, 0.05) is 21.2 Å². The van der Waals surface area contributed by atoms with Gasteiger partial charge in [-0.3, -0.25) is 0 Å². The molecule has 3 rings (SSSR count). The van der Waals surface area contributed by atoms with Crippen LogP contribution in [-0.4, -0.2) is 11.9 Å². The van der Waals surface area contributed by atoms with Crippen molar-refractivity contribution in [3.63, 3.8) is 0 Å². The van der Waals surface area contributed by atoms with Gasteiger partial charge in [-0.1, -0.05) is 47.5 Å². The molecule has 1 aliphatic heterocycles. The van der Waals surface area contributed by atoms with E-state index in [9.17, 15) is 4.79 Å². The lowest BCUT2D eigenvalue weighted by molar-refractivity contribution is -0.129. The summed E-state index contributed by atoms with van der Waals surface area (Å²) in [6.45, 7) is 0. The summed E-state index contributed by atoms with van der Waals surface area (Å²) in [6, 6.07) is 14.3. The fourth-order valence-electron chi connectivity index (χ4n) is 1.90. The van der Waals surface area contributed by atoms with Gasteiger partial charge in [0.15, 0.2) is 5.70 Å². The predicted molar refractivity (Wildman–Crippen MR) is 83.5 cm³/mol. The molecule has 0 atom stereocenters. The summed E-state index contributed by atoms with van der Waals surface area (Å²) in [6.07, 6.45) is 1.53. The number of halogens is 2. The minimum Gasteiger partial charge on any atom is -0.402 e. The van der Waals surface area contributed by atoms with Crippen molar-refractivity contribution in [1.29, 1.82) is 0 Å². The number of hydrogen-bond donors (Lipinski definition) is 0. The molecule has 5 heteroatoms. The summed E-state index contributed by atoms with van der Waals surface area (Å²) in [7, 11) is 0. The third-order valence-corrected chi connectivity index (χ3v) is 3.58. The molecule has 2 aromatic rings. The van der Waals surface area contributed by atoms with Crippen LogP contribution >= 0.6 is 23.2 Å². The second-order valence-electron chi connectivity index (χ2n) is 4.34. The summed E-state index contributed by atoms with van der Waals surface area (Å²) in [5.41, 5.74) is 1.45. The SMILES string of the molecule is O=C1OC(c2ccccc2)=N/C1=C\c1c(Cl)cccc1Cl. The summed E-state index contributed by atoms with van der Waals surface area (Å²) in [5.74, 6) is -0.250. The van der Waals surface area contributed by atoms with Gasteiger partial charge in [0.05, 0.1) is 0 Å². The topological polar surface area (TPSA) is 38.7 Å². The van der Waals surface area contributed by atoms with E-state index in [1.807, 2.05) is 30.3 Å². The summed E-state index contributed by atoms with van der Waals surface area (Å²) < 4.78 is 5.17. The largest absolute Gasteiger partial charge is 0.402 e. The van der Waals surface area contributed by atoms with E-state index in [-0.39, 0.29) is 11.6 Å². The standard InChI is InChI=1S/C16H9Cl2NO2/c17-12-7-4-8-13(18)11(12)9-14-16(20)21-15(19-14)10-5-2-1-3-6-10/h1-9H/b14-9-. The Hall–Kier alpha value is -2.10. The van der Waals surface area contributed by atoms with Gasteiger partial charge in [0.1, 0.15) is 0 Å². The molecule has 0 bridgehead atoms. The van der Waals surface area contributed by atoms with Crippen LogP contribution in [0, 0.1) is 0 Å². The zero-order chi connectivity index (χ0) is 14.8. The van der Waals surface area contributed by atoms with Crippen molar-refractivity contribution >= 4 is 41.1 Å². The molecule has 0 saturated carbocycles. The fourth-order valence-corrected chi connectivity index (χ4v) is 2.41. The van der Waals surface area contributed by atoms with Gasteiger partial charge in [0.25, 0.3) is 0 Å². The van der Waals surface area contributed by atoms with Crippen LogP contribution in [0.5, 0.6) is 0 Å². The molecule has 0 N–H and O–H groups in total. The highest BCUT2D eigenvalue weighted by atomic mass is 35.5. The molecule has 0 saturated heterocycles. The van der Waals surface area contributed by atoms with Gasteiger partial charge in [-0.25, -0.2) is 9.79 Å². The van der Waals surface area contributed by atoms with Crippen molar-refractivity contribution in [2.75, 3.05) is 0 Å². The van der Waals surface area contributed by atoms with E-state index in [4.69, 9.17) is 27.9 Å². The number of carbonyl (C=O) groups is 1. The van der Waals surface area contributed by atoms with Crippen molar-refractivity contribution in [2.24, 2.45) is 4.99 Å². The van der Waals surface area contributed by atoms with Crippen molar-refractivity contribution < 1.29 is 9.53 Å². The highest BCUT2D eigenvalue weighted by Gasteiger charge is 2.24. The molecule has 1 aliphatic rings. The molecule has 2 aromatic carbocycles. The predicted octanol–water partition coefficient (Wildman–Crippen LogP) is 4.34. The summed E-state index contributed by atoms with van der Waals surface area (Å²) >= 11 is 12.2. The maximum absolute atomic E-state index is 11.9. The van der Waals surface area contributed by atoms with Crippen LogP contribution in [0.3, 0.4) is 0 Å². The molecule has 1 heterocycles. The Morgan fingerprint density at radius 1 is 0.952 bits per heavy atom. The number of benzene rings is 2. The Labute approximate surface area is 131 Å². The van der Waals surface area contributed by atoms with Crippen LogP contribution in [0.15, 0.2) is 59.2 Å². The van der Waals surface area contributed by atoms with Crippen LogP contribution in [0.2, 0.25) is 10.0 Å². The van der Waals surface area contributed by atoms with E-state index in [2.05, 4.69) is 4.99 Å². The highest BCUT2D eigenvalue weighted by molar-refractivity contribution is 6.37. The van der Waals surface area contributed by atoms with Crippen LogP contribution in [0.4, 0.5) is 0 Å². The van der Waals surface area contributed by atoms with E-state index in [1.54, 1.807) is 18.2 Å². The van der Waals surface area contributed by atoms with Crippen molar-refractivity contribution in [1.82, 2.24) is 0 Å². The van der Waals surface area contributed by atoms with E-state index in [1.165, 1.54) is 6.08 Å². The zero-order valence-corrected chi connectivity index (χ0v) is 12.2. The molecule has 0 radical (unpaired) electrons. The van der Waals surface area contributed by atoms with Crippen LogP contribution < -0.4 is 0 Å². The van der Waals surface area contributed by atoms with E-state index in [0.29, 0.717) is 15.6 Å². The lowest BCUT2D eigenvalue weighted by Gasteiger charge is -2.00. The Morgan fingerprint density at radius 2 is 1.62 bits per heavy atom. The van der Waals surface area contributed by atoms with Crippen LogP contribution in [0.1, 0.15) is 11.1 Å². The number of aliphatic imine (C=N–C) groups is 1. The number of nitrogens with zero attached hydrogens (tertiary/aromatic N) is 1. The average molecular weight is 318 g/mol. The average Bonchev–Trinajstić information content (AvgIpc) is 2.85. The Kier molecular flexibility index (Phi) is 3.78. The van der Waals surface area contributed by atoms with Crippen LogP contribution in [0.25, 0.3) is 6.08 Å². The second kappa shape index (κ2) is 5.72. The number of hydrogen-bond acceptors (Lipinski definition) is 3. The molecule has 21 heavy (non-hydrogen) atoms.